The first-order valence-electron chi connectivity index (χ1n) is 11.9. The molecule has 5 rings (SSSR count). The third-order valence-electron chi connectivity index (χ3n) is 5.85. The van der Waals surface area contributed by atoms with Crippen molar-refractivity contribution in [2.24, 2.45) is 0 Å². The normalized spacial score (nSPS) is 11.5. The maximum Gasteiger partial charge on any atom is 0.228 e. The monoisotopic (exact) mass is 508 g/mol. The molecule has 1 N–H and O–H groups in total. The largest absolute Gasteiger partial charge is 0.489 e. The van der Waals surface area contributed by atoms with E-state index in [1.165, 1.54) is 12.1 Å². The maximum atomic E-state index is 13.5. The van der Waals surface area contributed by atoms with Crippen molar-refractivity contribution in [2.75, 3.05) is 5.32 Å². The molecular formula is C31H25FN2O2S. The van der Waals surface area contributed by atoms with Gasteiger partial charge in [0.25, 0.3) is 0 Å². The number of nitrogens with one attached hydrogen (secondary N) is 1. The second-order valence-electron chi connectivity index (χ2n) is 8.68. The molecule has 0 aliphatic rings. The van der Waals surface area contributed by atoms with Crippen LogP contribution >= 0.6 is 11.3 Å². The van der Waals surface area contributed by atoms with Crippen LogP contribution in [0.1, 0.15) is 28.1 Å². The molecule has 184 valence electrons. The zero-order valence-corrected chi connectivity index (χ0v) is 21.1. The van der Waals surface area contributed by atoms with Crippen molar-refractivity contribution in [1.82, 2.24) is 4.98 Å². The van der Waals surface area contributed by atoms with Crippen LogP contribution in [0.4, 0.5) is 10.1 Å². The van der Waals surface area contributed by atoms with Crippen LogP contribution in [0, 0.1) is 12.7 Å². The van der Waals surface area contributed by atoms with Crippen molar-refractivity contribution < 1.29 is 13.9 Å². The number of halogens is 1. The maximum absolute atomic E-state index is 13.5. The molecule has 37 heavy (non-hydrogen) atoms. The molecule has 0 bridgehead atoms. The first-order valence-corrected chi connectivity index (χ1v) is 12.7. The van der Waals surface area contributed by atoms with E-state index in [1.807, 2.05) is 84.9 Å². The number of carbonyl (C=O) groups is 1. The molecule has 4 nitrogen and oxygen atoms in total. The second kappa shape index (κ2) is 11.2. The van der Waals surface area contributed by atoms with Crippen LogP contribution in [0.5, 0.6) is 5.75 Å². The van der Waals surface area contributed by atoms with Gasteiger partial charge in [0.1, 0.15) is 23.2 Å². The molecule has 0 saturated heterocycles. The van der Waals surface area contributed by atoms with E-state index in [0.717, 1.165) is 37.7 Å². The lowest BCUT2D eigenvalue weighted by molar-refractivity contribution is -0.115. The molecule has 0 aliphatic carbocycles. The smallest absolute Gasteiger partial charge is 0.228 e. The number of thiazole rings is 1. The molecule has 4 aromatic carbocycles. The fourth-order valence-electron chi connectivity index (χ4n) is 3.94. The summed E-state index contributed by atoms with van der Waals surface area (Å²) in [6, 6.07) is 30.0. The van der Waals surface area contributed by atoms with Gasteiger partial charge in [0, 0.05) is 5.69 Å². The summed E-state index contributed by atoms with van der Waals surface area (Å²) in [6.07, 6.45) is 2.11. The molecule has 0 unspecified atom stereocenters. The lowest BCUT2D eigenvalue weighted by Gasteiger charge is -2.10. The molecule has 0 aliphatic heterocycles. The van der Waals surface area contributed by atoms with E-state index >= 15 is 0 Å². The molecule has 0 fully saturated rings. The van der Waals surface area contributed by atoms with Crippen molar-refractivity contribution in [3.05, 3.63) is 125 Å². The molecular weight excluding hydrogens is 483 g/mol. The van der Waals surface area contributed by atoms with Crippen LogP contribution in [0.25, 0.3) is 21.9 Å². The summed E-state index contributed by atoms with van der Waals surface area (Å²) < 4.78 is 20.4. The quantitative estimate of drug-likeness (QED) is 0.232. The molecule has 5 aromatic rings. The van der Waals surface area contributed by atoms with E-state index in [4.69, 9.17) is 9.72 Å². The Labute approximate surface area is 219 Å². The Morgan fingerprint density at radius 3 is 2.49 bits per heavy atom. The average molecular weight is 509 g/mol. The van der Waals surface area contributed by atoms with Gasteiger partial charge in [-0.25, -0.2) is 9.37 Å². The van der Waals surface area contributed by atoms with Crippen molar-refractivity contribution in [1.29, 1.82) is 0 Å². The predicted molar refractivity (Wildman–Crippen MR) is 149 cm³/mol. The Morgan fingerprint density at radius 2 is 1.73 bits per heavy atom. The first-order chi connectivity index (χ1) is 18.0. The molecule has 1 aromatic heterocycles. The Kier molecular flexibility index (Phi) is 7.38. The number of hydrogen-bond acceptors (Lipinski definition) is 4. The van der Waals surface area contributed by atoms with Crippen molar-refractivity contribution in [2.45, 2.75) is 20.0 Å². The molecule has 1 heterocycles. The van der Waals surface area contributed by atoms with Crippen molar-refractivity contribution >= 4 is 44.8 Å². The minimum absolute atomic E-state index is 0.128. The van der Waals surface area contributed by atoms with Gasteiger partial charge in [0.15, 0.2) is 0 Å². The van der Waals surface area contributed by atoms with Crippen LogP contribution in [0.3, 0.4) is 0 Å². The van der Waals surface area contributed by atoms with Gasteiger partial charge in [0.05, 0.1) is 16.6 Å². The highest BCUT2D eigenvalue weighted by Gasteiger charge is 2.15. The fourth-order valence-corrected chi connectivity index (χ4v) is 4.91. The zero-order chi connectivity index (χ0) is 25.6. The number of anilines is 1. The number of fused-ring (bicyclic) bond motifs is 1. The van der Waals surface area contributed by atoms with Crippen LogP contribution in [-0.2, 0) is 11.4 Å². The summed E-state index contributed by atoms with van der Waals surface area (Å²) in [5, 5.41) is 3.70. The highest BCUT2D eigenvalue weighted by Crippen LogP contribution is 2.31. The SMILES string of the molecule is Cc1cc(F)ccc1NC(=O)C/C(=C/c1ccc(OCc2ccccc2)cc1)c1nc2ccccc2s1. The number of aryl methyl sites for hydroxylation is 1. The number of para-hydroxylation sites is 1. The minimum Gasteiger partial charge on any atom is -0.489 e. The summed E-state index contributed by atoms with van der Waals surface area (Å²) in [4.78, 5) is 17.8. The minimum atomic E-state index is -0.332. The average Bonchev–Trinajstić information content (AvgIpc) is 3.35. The van der Waals surface area contributed by atoms with Gasteiger partial charge in [-0.1, -0.05) is 54.6 Å². The fraction of sp³-hybridized carbons (Fsp3) is 0.0968. The third-order valence-corrected chi connectivity index (χ3v) is 6.96. The predicted octanol–water partition coefficient (Wildman–Crippen LogP) is 7.89. The van der Waals surface area contributed by atoms with Gasteiger partial charge < -0.3 is 10.1 Å². The lowest BCUT2D eigenvalue weighted by atomic mass is 10.1. The van der Waals surface area contributed by atoms with Crippen LogP contribution in [-0.4, -0.2) is 10.9 Å². The van der Waals surface area contributed by atoms with E-state index in [-0.39, 0.29) is 18.1 Å². The number of carbonyl (C=O) groups excluding carboxylic acids is 1. The van der Waals surface area contributed by atoms with Gasteiger partial charge in [-0.2, -0.15) is 0 Å². The third kappa shape index (κ3) is 6.29. The number of nitrogens with zero attached hydrogens (tertiary/aromatic N) is 1. The van der Waals surface area contributed by atoms with Gasteiger partial charge in [0.2, 0.25) is 5.91 Å². The molecule has 0 saturated carbocycles. The number of hydrogen-bond donors (Lipinski definition) is 1. The van der Waals surface area contributed by atoms with Gasteiger partial charge >= 0.3 is 0 Å². The van der Waals surface area contributed by atoms with E-state index in [0.29, 0.717) is 17.9 Å². The number of amides is 1. The number of benzene rings is 4. The van der Waals surface area contributed by atoms with E-state index in [9.17, 15) is 9.18 Å². The van der Waals surface area contributed by atoms with Crippen LogP contribution in [0.15, 0.2) is 97.1 Å². The number of ether oxygens (including phenoxy) is 1. The van der Waals surface area contributed by atoms with Gasteiger partial charge in [-0.15, -0.1) is 11.3 Å². The van der Waals surface area contributed by atoms with E-state index in [1.54, 1.807) is 24.3 Å². The topological polar surface area (TPSA) is 51.2 Å². The Balaban J connectivity index is 1.38. The summed E-state index contributed by atoms with van der Waals surface area (Å²) in [6.45, 7) is 2.26. The van der Waals surface area contributed by atoms with Crippen molar-refractivity contribution in [3.8, 4) is 5.75 Å². The standard InChI is InChI=1S/C31H25FN2O2S/c1-21-17-25(32)13-16-27(21)33-30(35)19-24(31-34-28-9-5-6-10-29(28)37-31)18-22-11-14-26(15-12-22)36-20-23-7-3-2-4-8-23/h2-18H,19-20H2,1H3,(H,33,35)/b24-18-. The summed E-state index contributed by atoms with van der Waals surface area (Å²) >= 11 is 1.55. The zero-order valence-electron chi connectivity index (χ0n) is 20.3. The van der Waals surface area contributed by atoms with Gasteiger partial charge in [-0.05, 0) is 77.7 Å². The highest BCUT2D eigenvalue weighted by atomic mass is 32.1. The van der Waals surface area contributed by atoms with Crippen LogP contribution < -0.4 is 10.1 Å². The Hall–Kier alpha value is -4.29. The molecule has 6 heteroatoms. The first kappa shape index (κ1) is 24.4. The molecule has 1 amide bonds. The van der Waals surface area contributed by atoms with E-state index in [2.05, 4.69) is 5.32 Å². The van der Waals surface area contributed by atoms with Crippen molar-refractivity contribution in [3.63, 3.8) is 0 Å². The van der Waals surface area contributed by atoms with E-state index < -0.39 is 0 Å². The molecule has 0 spiro atoms. The van der Waals surface area contributed by atoms with Gasteiger partial charge in [-0.3, -0.25) is 4.79 Å². The summed E-state index contributed by atoms with van der Waals surface area (Å²) in [7, 11) is 0. The Morgan fingerprint density at radius 1 is 0.973 bits per heavy atom. The second-order valence-corrected chi connectivity index (χ2v) is 9.71. The summed E-state index contributed by atoms with van der Waals surface area (Å²) in [5.41, 5.74) is 5.00. The molecule has 0 atom stereocenters. The number of rotatable bonds is 8. The highest BCUT2D eigenvalue weighted by molar-refractivity contribution is 7.19. The Bertz CT molecular complexity index is 1530. The lowest BCUT2D eigenvalue weighted by Crippen LogP contribution is -2.13. The summed E-state index contributed by atoms with van der Waals surface area (Å²) in [5.74, 6) is 0.247. The molecule has 0 radical (unpaired) electrons. The van der Waals surface area contributed by atoms with Crippen LogP contribution in [0.2, 0.25) is 0 Å². The number of aromatic nitrogens is 1.